The fraction of sp³-hybridized carbons (Fsp3) is 0.591. The van der Waals surface area contributed by atoms with Crippen LogP contribution in [0.4, 0.5) is 14.5 Å². The number of halogens is 3. The van der Waals surface area contributed by atoms with Crippen molar-refractivity contribution in [2.24, 2.45) is 5.41 Å². The van der Waals surface area contributed by atoms with Gasteiger partial charge in [-0.3, -0.25) is 19.9 Å². The molecule has 2 amide bonds. The van der Waals surface area contributed by atoms with Gasteiger partial charge in [-0.25, -0.2) is 8.78 Å². The highest BCUT2D eigenvalue weighted by molar-refractivity contribution is 6.34. The summed E-state index contributed by atoms with van der Waals surface area (Å²) in [7, 11) is 0. The Morgan fingerprint density at radius 1 is 1.38 bits per heavy atom. The Kier molecular flexibility index (Phi) is 5.48. The fourth-order valence-corrected chi connectivity index (χ4v) is 4.98. The maximum Gasteiger partial charge on any atom is 0.263 e. The SMILES string of the molecule is C[C@@H]1C[C@H](N2C(=N)N[C@](C)(c3cccc(NC(=O)C4(C)CC4(F)F)c3Cl)CC2=O)CCO1. The molecule has 174 valence electrons. The Morgan fingerprint density at radius 2 is 2.06 bits per heavy atom. The number of anilines is 1. The van der Waals surface area contributed by atoms with Gasteiger partial charge in [0.05, 0.1) is 28.8 Å². The molecule has 1 aromatic rings. The molecule has 0 spiro atoms. The molecule has 1 aliphatic carbocycles. The van der Waals surface area contributed by atoms with Crippen LogP contribution in [0.2, 0.25) is 5.02 Å². The molecule has 3 aliphatic rings. The van der Waals surface area contributed by atoms with Gasteiger partial charge in [-0.2, -0.15) is 0 Å². The molecule has 7 nitrogen and oxygen atoms in total. The maximum atomic E-state index is 13.6. The summed E-state index contributed by atoms with van der Waals surface area (Å²) in [5.41, 5.74) is -2.05. The molecular weight excluding hydrogens is 442 g/mol. The Hall–Kier alpha value is -2.26. The number of alkyl halides is 2. The molecule has 3 N–H and O–H groups in total. The third kappa shape index (κ3) is 3.75. The number of rotatable bonds is 4. The minimum Gasteiger partial charge on any atom is -0.378 e. The van der Waals surface area contributed by atoms with Gasteiger partial charge in [-0.15, -0.1) is 0 Å². The zero-order chi connectivity index (χ0) is 23.5. The van der Waals surface area contributed by atoms with Gasteiger partial charge in [0, 0.05) is 19.1 Å². The first-order valence-electron chi connectivity index (χ1n) is 10.7. The van der Waals surface area contributed by atoms with E-state index in [-0.39, 0.29) is 41.1 Å². The van der Waals surface area contributed by atoms with Crippen molar-refractivity contribution in [2.75, 3.05) is 11.9 Å². The molecule has 1 saturated carbocycles. The molecule has 4 rings (SSSR count). The number of guanidine groups is 1. The first-order valence-corrected chi connectivity index (χ1v) is 11.0. The van der Waals surface area contributed by atoms with E-state index in [2.05, 4.69) is 10.6 Å². The number of benzene rings is 1. The molecule has 3 fully saturated rings. The summed E-state index contributed by atoms with van der Waals surface area (Å²) in [6.45, 7) is 5.45. The van der Waals surface area contributed by atoms with Crippen LogP contribution < -0.4 is 10.6 Å². The molecule has 2 aliphatic heterocycles. The van der Waals surface area contributed by atoms with Gasteiger partial charge in [0.2, 0.25) is 11.8 Å². The summed E-state index contributed by atoms with van der Waals surface area (Å²) in [5, 5.41) is 14.3. The number of nitrogens with one attached hydrogen (secondary N) is 3. The first kappa shape index (κ1) is 22.9. The Morgan fingerprint density at radius 3 is 2.66 bits per heavy atom. The molecule has 32 heavy (non-hydrogen) atoms. The van der Waals surface area contributed by atoms with E-state index in [1.165, 1.54) is 17.9 Å². The van der Waals surface area contributed by atoms with Crippen molar-refractivity contribution in [3.63, 3.8) is 0 Å². The highest BCUT2D eigenvalue weighted by Gasteiger charge is 2.72. The molecule has 0 radical (unpaired) electrons. The molecule has 2 saturated heterocycles. The van der Waals surface area contributed by atoms with Crippen LogP contribution in [0.25, 0.3) is 0 Å². The van der Waals surface area contributed by atoms with Crippen LogP contribution in [-0.2, 0) is 19.9 Å². The van der Waals surface area contributed by atoms with Crippen molar-refractivity contribution >= 4 is 35.1 Å². The number of carbonyl (C=O) groups excluding carboxylic acids is 2. The van der Waals surface area contributed by atoms with Gasteiger partial charge < -0.3 is 15.4 Å². The Balaban J connectivity index is 1.55. The van der Waals surface area contributed by atoms with Crippen LogP contribution in [0, 0.1) is 10.8 Å². The molecule has 10 heteroatoms. The van der Waals surface area contributed by atoms with E-state index in [0.717, 1.165) is 0 Å². The summed E-state index contributed by atoms with van der Waals surface area (Å²) in [4.78, 5) is 27.0. The lowest BCUT2D eigenvalue weighted by Gasteiger charge is -2.45. The highest BCUT2D eigenvalue weighted by Crippen LogP contribution is 2.60. The van der Waals surface area contributed by atoms with E-state index in [1.54, 1.807) is 19.1 Å². The first-order chi connectivity index (χ1) is 14.9. The minimum absolute atomic E-state index is 0.0121. The van der Waals surface area contributed by atoms with Crippen molar-refractivity contribution < 1.29 is 23.1 Å². The average molecular weight is 469 g/mol. The average Bonchev–Trinajstić information content (AvgIpc) is 3.21. The van der Waals surface area contributed by atoms with Crippen LogP contribution in [0.5, 0.6) is 0 Å². The van der Waals surface area contributed by atoms with Crippen molar-refractivity contribution in [3.05, 3.63) is 28.8 Å². The molecule has 4 atom stereocenters. The lowest BCUT2D eigenvalue weighted by Crippen LogP contribution is -2.63. The largest absolute Gasteiger partial charge is 0.378 e. The van der Waals surface area contributed by atoms with Gasteiger partial charge in [-0.05, 0) is 45.2 Å². The second-order valence-corrected chi connectivity index (χ2v) is 9.82. The van der Waals surface area contributed by atoms with Crippen LogP contribution in [-0.4, -0.2) is 47.3 Å². The lowest BCUT2D eigenvalue weighted by atomic mass is 9.85. The van der Waals surface area contributed by atoms with Gasteiger partial charge >= 0.3 is 0 Å². The predicted molar refractivity (Wildman–Crippen MR) is 116 cm³/mol. The molecule has 1 unspecified atom stereocenters. The summed E-state index contributed by atoms with van der Waals surface area (Å²) in [6, 6.07) is 4.75. The monoisotopic (exact) mass is 468 g/mol. The third-order valence-electron chi connectivity index (χ3n) is 6.83. The fourth-order valence-electron chi connectivity index (χ4n) is 4.60. The van der Waals surface area contributed by atoms with Crippen molar-refractivity contribution in [2.45, 2.75) is 70.1 Å². The summed E-state index contributed by atoms with van der Waals surface area (Å²) >= 11 is 6.56. The third-order valence-corrected chi connectivity index (χ3v) is 7.24. The minimum atomic E-state index is -3.04. The topological polar surface area (TPSA) is 94.5 Å². The van der Waals surface area contributed by atoms with E-state index in [9.17, 15) is 18.4 Å². The molecular formula is C22H27ClF2N4O3. The van der Waals surface area contributed by atoms with E-state index in [4.69, 9.17) is 21.7 Å². The standard InChI is InChI=1S/C22H27ClF2N4O3/c1-12-9-13(7-8-32-12)29-16(30)10-21(3,28-19(29)26)14-5-4-6-15(17(14)23)27-18(31)20(2)11-22(20,24)25/h4-6,12-13H,7-11H2,1-3H3,(H2,26,28)(H,27,31)/t12-,13-,20?,21+/m1/s1. The van der Waals surface area contributed by atoms with Crippen LogP contribution >= 0.6 is 11.6 Å². The van der Waals surface area contributed by atoms with Crippen molar-refractivity contribution in [1.29, 1.82) is 5.41 Å². The van der Waals surface area contributed by atoms with Crippen LogP contribution in [0.15, 0.2) is 18.2 Å². The zero-order valence-corrected chi connectivity index (χ0v) is 19.0. The molecule has 1 aromatic carbocycles. The number of ether oxygens (including phenoxy) is 1. The normalized spacial score (nSPS) is 34.1. The van der Waals surface area contributed by atoms with Gasteiger partial charge in [0.1, 0.15) is 5.41 Å². The highest BCUT2D eigenvalue weighted by atomic mass is 35.5. The summed E-state index contributed by atoms with van der Waals surface area (Å²) in [5.74, 6) is -4.05. The number of nitrogens with zero attached hydrogens (tertiary/aromatic N) is 1. The second kappa shape index (κ2) is 7.66. The smallest absolute Gasteiger partial charge is 0.263 e. The molecule has 2 heterocycles. The lowest BCUT2D eigenvalue weighted by molar-refractivity contribution is -0.134. The Labute approximate surface area is 190 Å². The number of hydrogen-bond acceptors (Lipinski definition) is 4. The maximum absolute atomic E-state index is 13.6. The van der Waals surface area contributed by atoms with Crippen LogP contribution in [0.3, 0.4) is 0 Å². The van der Waals surface area contributed by atoms with E-state index < -0.39 is 29.2 Å². The van der Waals surface area contributed by atoms with Crippen molar-refractivity contribution in [1.82, 2.24) is 10.2 Å². The summed E-state index contributed by atoms with van der Waals surface area (Å²) < 4.78 is 32.7. The van der Waals surface area contributed by atoms with Crippen LogP contribution in [0.1, 0.15) is 52.0 Å². The number of amides is 2. The zero-order valence-electron chi connectivity index (χ0n) is 18.2. The van der Waals surface area contributed by atoms with E-state index in [1.807, 2.05) is 6.92 Å². The van der Waals surface area contributed by atoms with Crippen molar-refractivity contribution in [3.8, 4) is 0 Å². The molecule has 0 bridgehead atoms. The Bertz CT molecular complexity index is 970. The second-order valence-electron chi connectivity index (χ2n) is 9.44. The predicted octanol–water partition coefficient (Wildman–Crippen LogP) is 3.86. The van der Waals surface area contributed by atoms with E-state index >= 15 is 0 Å². The van der Waals surface area contributed by atoms with Gasteiger partial charge in [0.25, 0.3) is 5.92 Å². The number of hydrogen-bond donors (Lipinski definition) is 3. The summed E-state index contributed by atoms with van der Waals surface area (Å²) in [6.07, 6.45) is 0.863. The van der Waals surface area contributed by atoms with Gasteiger partial charge in [-0.1, -0.05) is 23.7 Å². The van der Waals surface area contributed by atoms with Gasteiger partial charge in [0.15, 0.2) is 5.96 Å². The molecule has 0 aromatic heterocycles. The number of carbonyl (C=O) groups is 2. The van der Waals surface area contributed by atoms with E-state index in [0.29, 0.717) is 25.0 Å². The quantitative estimate of drug-likeness (QED) is 0.625.